The van der Waals surface area contributed by atoms with Crippen LogP contribution in [0.2, 0.25) is 0 Å². The summed E-state index contributed by atoms with van der Waals surface area (Å²) in [6.45, 7) is 1.42. The van der Waals surface area contributed by atoms with Gasteiger partial charge in [-0.1, -0.05) is 24.0 Å². The van der Waals surface area contributed by atoms with Crippen LogP contribution in [0.5, 0.6) is 0 Å². The molecule has 0 fully saturated rings. The van der Waals surface area contributed by atoms with Gasteiger partial charge in [0.2, 0.25) is 0 Å². The number of benzene rings is 1. The zero-order chi connectivity index (χ0) is 14.2. The number of nitrogens with two attached hydrogens (primary N) is 1. The van der Waals surface area contributed by atoms with Gasteiger partial charge < -0.3 is 11.1 Å². The molecule has 20 heavy (non-hydrogen) atoms. The summed E-state index contributed by atoms with van der Waals surface area (Å²) < 4.78 is 1.76. The van der Waals surface area contributed by atoms with E-state index >= 15 is 0 Å². The quantitative estimate of drug-likeness (QED) is 0.799. The van der Waals surface area contributed by atoms with Crippen molar-refractivity contribution < 1.29 is 4.79 Å². The summed E-state index contributed by atoms with van der Waals surface area (Å²) in [4.78, 5) is 12.1. The van der Waals surface area contributed by atoms with Crippen molar-refractivity contribution in [2.75, 3.05) is 13.1 Å². The van der Waals surface area contributed by atoms with Crippen molar-refractivity contribution in [1.82, 2.24) is 15.1 Å². The van der Waals surface area contributed by atoms with E-state index in [9.17, 15) is 4.79 Å². The highest BCUT2D eigenvalue weighted by Gasteiger charge is 2.08. The fraction of sp³-hybridized carbons (Fsp3) is 0.200. The molecule has 3 N–H and O–H groups in total. The normalized spacial score (nSPS) is 9.65. The molecule has 0 spiro atoms. The highest BCUT2D eigenvalue weighted by atomic mass is 16.1. The van der Waals surface area contributed by atoms with Gasteiger partial charge in [-0.25, -0.2) is 0 Å². The number of nitrogens with zero attached hydrogens (tertiary/aromatic N) is 2. The molecule has 2 aromatic rings. The van der Waals surface area contributed by atoms with Gasteiger partial charge in [-0.15, -0.1) is 0 Å². The minimum Gasteiger partial charge on any atom is -0.350 e. The molecule has 1 aromatic heterocycles. The highest BCUT2D eigenvalue weighted by molar-refractivity contribution is 5.96. The first kappa shape index (κ1) is 13.8. The van der Waals surface area contributed by atoms with Gasteiger partial charge in [0.25, 0.3) is 5.91 Å². The first-order valence-corrected chi connectivity index (χ1v) is 6.35. The SMILES string of the molecule is NCC#Cc1ccccc1C(=O)NCCn1cccn1. The Morgan fingerprint density at radius 1 is 1.35 bits per heavy atom. The Balaban J connectivity index is 1.98. The maximum absolute atomic E-state index is 12.1. The fourth-order valence-corrected chi connectivity index (χ4v) is 1.75. The Morgan fingerprint density at radius 2 is 2.20 bits per heavy atom. The van der Waals surface area contributed by atoms with Gasteiger partial charge >= 0.3 is 0 Å². The summed E-state index contributed by atoms with van der Waals surface area (Å²) >= 11 is 0. The van der Waals surface area contributed by atoms with Crippen LogP contribution in [0.15, 0.2) is 42.7 Å². The smallest absolute Gasteiger partial charge is 0.252 e. The van der Waals surface area contributed by atoms with Gasteiger partial charge in [0.1, 0.15) is 0 Å². The fourth-order valence-electron chi connectivity index (χ4n) is 1.75. The number of carbonyl (C=O) groups excluding carboxylic acids is 1. The second kappa shape index (κ2) is 7.12. The molecule has 0 aliphatic carbocycles. The lowest BCUT2D eigenvalue weighted by molar-refractivity contribution is 0.0951. The maximum Gasteiger partial charge on any atom is 0.252 e. The number of carbonyl (C=O) groups is 1. The van der Waals surface area contributed by atoms with E-state index in [1.54, 1.807) is 16.9 Å². The predicted octanol–water partition coefficient (Wildman–Crippen LogP) is 0.623. The van der Waals surface area contributed by atoms with E-state index < -0.39 is 0 Å². The lowest BCUT2D eigenvalue weighted by Gasteiger charge is -2.07. The first-order chi connectivity index (χ1) is 9.81. The number of hydrogen-bond acceptors (Lipinski definition) is 3. The van der Waals surface area contributed by atoms with Crippen LogP contribution in [0.4, 0.5) is 0 Å². The van der Waals surface area contributed by atoms with Crippen LogP contribution < -0.4 is 11.1 Å². The van der Waals surface area contributed by atoms with E-state index in [4.69, 9.17) is 5.73 Å². The molecule has 1 aromatic carbocycles. The number of rotatable bonds is 4. The summed E-state index contributed by atoms with van der Waals surface area (Å²) in [7, 11) is 0. The third-order valence-electron chi connectivity index (χ3n) is 2.68. The monoisotopic (exact) mass is 268 g/mol. The van der Waals surface area contributed by atoms with Crippen molar-refractivity contribution >= 4 is 5.91 Å². The van der Waals surface area contributed by atoms with Crippen molar-refractivity contribution in [2.45, 2.75) is 6.54 Å². The molecule has 0 saturated carbocycles. The van der Waals surface area contributed by atoms with Gasteiger partial charge in [-0.2, -0.15) is 5.10 Å². The minimum atomic E-state index is -0.140. The second-order valence-corrected chi connectivity index (χ2v) is 4.08. The summed E-state index contributed by atoms with van der Waals surface area (Å²) in [6.07, 6.45) is 3.56. The third kappa shape index (κ3) is 3.70. The standard InChI is InChI=1S/C15H16N4O/c16-8-3-6-13-5-1-2-7-14(13)15(20)17-10-12-19-11-4-9-18-19/h1-2,4-5,7,9,11H,8,10,12,16H2,(H,17,20). The molecule has 1 heterocycles. The molecule has 0 saturated heterocycles. The van der Waals surface area contributed by atoms with E-state index in [-0.39, 0.29) is 12.5 Å². The van der Waals surface area contributed by atoms with E-state index in [1.165, 1.54) is 0 Å². The molecular formula is C15H16N4O. The van der Waals surface area contributed by atoms with Gasteiger partial charge in [0, 0.05) is 24.5 Å². The molecule has 0 aliphatic heterocycles. The molecule has 0 radical (unpaired) electrons. The van der Waals surface area contributed by atoms with Gasteiger partial charge in [-0.3, -0.25) is 9.48 Å². The number of amides is 1. The second-order valence-electron chi connectivity index (χ2n) is 4.08. The lowest BCUT2D eigenvalue weighted by Crippen LogP contribution is -2.28. The van der Waals surface area contributed by atoms with Crippen LogP contribution in [0, 0.1) is 11.8 Å². The van der Waals surface area contributed by atoms with E-state index in [0.29, 0.717) is 24.2 Å². The Labute approximate surface area is 117 Å². The summed E-state index contributed by atoms with van der Waals surface area (Å²) in [5.41, 5.74) is 6.61. The van der Waals surface area contributed by atoms with Crippen LogP contribution in [0.1, 0.15) is 15.9 Å². The Hall–Kier alpha value is -2.58. The number of aromatic nitrogens is 2. The van der Waals surface area contributed by atoms with E-state index in [2.05, 4.69) is 22.3 Å². The van der Waals surface area contributed by atoms with Gasteiger partial charge in [-0.05, 0) is 18.2 Å². The molecule has 0 bridgehead atoms. The lowest BCUT2D eigenvalue weighted by atomic mass is 10.1. The minimum absolute atomic E-state index is 0.140. The third-order valence-corrected chi connectivity index (χ3v) is 2.68. The molecule has 2 rings (SSSR count). The number of hydrogen-bond donors (Lipinski definition) is 2. The average Bonchev–Trinajstić information content (AvgIpc) is 2.98. The van der Waals surface area contributed by atoms with E-state index in [0.717, 1.165) is 0 Å². The molecular weight excluding hydrogens is 252 g/mol. The molecule has 1 amide bonds. The molecule has 0 aliphatic rings. The number of nitrogens with one attached hydrogen (secondary N) is 1. The highest BCUT2D eigenvalue weighted by Crippen LogP contribution is 2.06. The van der Waals surface area contributed by atoms with Crippen LogP contribution in [0.25, 0.3) is 0 Å². The molecule has 0 unspecified atom stereocenters. The summed E-state index contributed by atoms with van der Waals surface area (Å²) in [5, 5.41) is 6.93. The zero-order valence-corrected chi connectivity index (χ0v) is 11.0. The molecule has 5 heteroatoms. The average molecular weight is 268 g/mol. The van der Waals surface area contributed by atoms with Crippen molar-refractivity contribution in [3.8, 4) is 11.8 Å². The predicted molar refractivity (Wildman–Crippen MR) is 76.9 cm³/mol. The van der Waals surface area contributed by atoms with Crippen molar-refractivity contribution in [3.63, 3.8) is 0 Å². The van der Waals surface area contributed by atoms with E-state index in [1.807, 2.05) is 30.5 Å². The molecule has 102 valence electrons. The van der Waals surface area contributed by atoms with Crippen molar-refractivity contribution in [2.24, 2.45) is 5.73 Å². The zero-order valence-electron chi connectivity index (χ0n) is 11.0. The van der Waals surface area contributed by atoms with Crippen molar-refractivity contribution in [3.05, 3.63) is 53.9 Å². The summed E-state index contributed by atoms with van der Waals surface area (Å²) in [5.74, 6) is 5.53. The topological polar surface area (TPSA) is 72.9 Å². The largest absolute Gasteiger partial charge is 0.350 e. The maximum atomic E-state index is 12.1. The van der Waals surface area contributed by atoms with Crippen LogP contribution >= 0.6 is 0 Å². The van der Waals surface area contributed by atoms with Crippen LogP contribution in [-0.4, -0.2) is 28.8 Å². The van der Waals surface area contributed by atoms with Gasteiger partial charge in [0.05, 0.1) is 18.7 Å². The summed E-state index contributed by atoms with van der Waals surface area (Å²) in [6, 6.07) is 9.07. The van der Waals surface area contributed by atoms with Crippen LogP contribution in [0.3, 0.4) is 0 Å². The van der Waals surface area contributed by atoms with Crippen molar-refractivity contribution in [1.29, 1.82) is 0 Å². The Morgan fingerprint density at radius 3 is 2.95 bits per heavy atom. The van der Waals surface area contributed by atoms with Crippen LogP contribution in [-0.2, 0) is 6.54 Å². The molecule has 5 nitrogen and oxygen atoms in total. The van der Waals surface area contributed by atoms with Gasteiger partial charge in [0.15, 0.2) is 0 Å². The Kier molecular flexibility index (Phi) is 4.93. The first-order valence-electron chi connectivity index (χ1n) is 6.35. The molecule has 0 atom stereocenters. The Bertz CT molecular complexity index is 623.